The lowest BCUT2D eigenvalue weighted by atomic mass is 10.1. The first-order chi connectivity index (χ1) is 14.0. The number of hydrogen-bond donors (Lipinski definition) is 1. The van der Waals surface area contributed by atoms with Gasteiger partial charge < -0.3 is 14.8 Å². The van der Waals surface area contributed by atoms with Crippen LogP contribution in [0.1, 0.15) is 12.5 Å². The molecule has 0 saturated carbocycles. The minimum absolute atomic E-state index is 0.0571. The van der Waals surface area contributed by atoms with Gasteiger partial charge in [0.2, 0.25) is 15.9 Å². The number of nitro groups is 1. The van der Waals surface area contributed by atoms with Gasteiger partial charge in [0.25, 0.3) is 5.69 Å². The van der Waals surface area contributed by atoms with E-state index in [0.717, 1.165) is 16.6 Å². The molecule has 1 amide bonds. The van der Waals surface area contributed by atoms with Gasteiger partial charge in [0.05, 0.1) is 31.1 Å². The van der Waals surface area contributed by atoms with Crippen LogP contribution in [0.2, 0.25) is 0 Å². The zero-order valence-corrected chi connectivity index (χ0v) is 18.0. The molecule has 0 radical (unpaired) electrons. The minimum Gasteiger partial charge on any atom is -0.493 e. The molecule has 11 heteroatoms. The van der Waals surface area contributed by atoms with Crippen molar-refractivity contribution in [2.45, 2.75) is 19.9 Å². The number of methoxy groups -OCH3 is 2. The van der Waals surface area contributed by atoms with Gasteiger partial charge in [0, 0.05) is 23.9 Å². The fraction of sp³-hybridized carbons (Fsp3) is 0.316. The molecule has 2 aromatic rings. The Morgan fingerprint density at radius 3 is 2.30 bits per heavy atom. The molecule has 0 aliphatic rings. The number of nitro benzene ring substituents is 1. The van der Waals surface area contributed by atoms with E-state index >= 15 is 0 Å². The van der Waals surface area contributed by atoms with Crippen LogP contribution in [0.25, 0.3) is 0 Å². The zero-order valence-electron chi connectivity index (χ0n) is 17.2. The molecule has 30 heavy (non-hydrogen) atoms. The van der Waals surface area contributed by atoms with Gasteiger partial charge in [-0.2, -0.15) is 0 Å². The van der Waals surface area contributed by atoms with E-state index in [9.17, 15) is 23.3 Å². The number of nitrogens with zero attached hydrogens (tertiary/aromatic N) is 2. The Bertz CT molecular complexity index is 1070. The monoisotopic (exact) mass is 437 g/mol. The molecule has 0 unspecified atom stereocenters. The Morgan fingerprint density at radius 1 is 1.13 bits per heavy atom. The van der Waals surface area contributed by atoms with E-state index in [1.165, 1.54) is 39.3 Å². The summed E-state index contributed by atoms with van der Waals surface area (Å²) in [5, 5.41) is 13.8. The van der Waals surface area contributed by atoms with Crippen LogP contribution in [0.3, 0.4) is 0 Å². The quantitative estimate of drug-likeness (QED) is 0.497. The second-order valence-corrected chi connectivity index (χ2v) is 8.38. The molecule has 2 aromatic carbocycles. The van der Waals surface area contributed by atoms with Crippen LogP contribution in [-0.2, 0) is 14.8 Å². The third-order valence-electron chi connectivity index (χ3n) is 4.38. The van der Waals surface area contributed by atoms with Gasteiger partial charge >= 0.3 is 0 Å². The number of amides is 1. The van der Waals surface area contributed by atoms with E-state index < -0.39 is 26.9 Å². The number of hydrogen-bond acceptors (Lipinski definition) is 7. The third kappa shape index (κ3) is 4.98. The number of sulfonamides is 1. The van der Waals surface area contributed by atoms with Gasteiger partial charge in [0.1, 0.15) is 6.04 Å². The fourth-order valence-corrected chi connectivity index (χ4v) is 4.11. The van der Waals surface area contributed by atoms with E-state index in [0.29, 0.717) is 22.7 Å². The SMILES string of the molecule is COc1ccc(NC(=O)[C@H](C)N(c2cc([N+](=O)[O-])ccc2C)S(C)(=O)=O)cc1OC. The summed E-state index contributed by atoms with van der Waals surface area (Å²) in [5.41, 5.74) is 0.615. The highest BCUT2D eigenvalue weighted by atomic mass is 32.2. The summed E-state index contributed by atoms with van der Waals surface area (Å²) in [6.07, 6.45) is 0.936. The maximum atomic E-state index is 12.8. The Labute approximate surface area is 174 Å². The number of non-ortho nitro benzene ring substituents is 1. The summed E-state index contributed by atoms with van der Waals surface area (Å²) in [4.78, 5) is 23.3. The number of ether oxygens (including phenoxy) is 2. The van der Waals surface area contributed by atoms with Crippen molar-refractivity contribution < 1.29 is 27.6 Å². The first kappa shape index (κ1) is 22.9. The first-order valence-corrected chi connectivity index (χ1v) is 10.6. The van der Waals surface area contributed by atoms with Gasteiger partial charge in [-0.05, 0) is 31.5 Å². The lowest BCUT2D eigenvalue weighted by Gasteiger charge is -2.29. The topological polar surface area (TPSA) is 128 Å². The predicted octanol–water partition coefficient (Wildman–Crippen LogP) is 2.71. The average Bonchev–Trinajstić information content (AvgIpc) is 2.68. The number of carbonyl (C=O) groups excluding carboxylic acids is 1. The van der Waals surface area contributed by atoms with E-state index in [-0.39, 0.29) is 11.4 Å². The Morgan fingerprint density at radius 2 is 1.77 bits per heavy atom. The predicted molar refractivity (Wildman–Crippen MR) is 113 cm³/mol. The van der Waals surface area contributed by atoms with Crippen molar-refractivity contribution in [1.29, 1.82) is 0 Å². The molecule has 0 heterocycles. The zero-order chi connectivity index (χ0) is 22.6. The summed E-state index contributed by atoms with van der Waals surface area (Å²) in [7, 11) is -1.02. The van der Waals surface area contributed by atoms with Crippen molar-refractivity contribution in [2.75, 3.05) is 30.1 Å². The van der Waals surface area contributed by atoms with Gasteiger partial charge in [-0.25, -0.2) is 8.42 Å². The molecular formula is C19H23N3O7S. The highest BCUT2D eigenvalue weighted by molar-refractivity contribution is 7.92. The smallest absolute Gasteiger partial charge is 0.271 e. The summed E-state index contributed by atoms with van der Waals surface area (Å²) < 4.78 is 36.2. The average molecular weight is 437 g/mol. The molecule has 0 aliphatic carbocycles. The molecule has 0 spiro atoms. The van der Waals surface area contributed by atoms with Crippen molar-refractivity contribution in [3.05, 3.63) is 52.1 Å². The molecule has 162 valence electrons. The molecule has 10 nitrogen and oxygen atoms in total. The standard InChI is InChI=1S/C19H23N3O7S/c1-12-6-8-15(22(24)25)11-16(12)21(30(5,26)27)13(2)19(23)20-14-7-9-17(28-3)18(10-14)29-4/h6-11,13H,1-5H3,(H,20,23)/t13-/m0/s1. The Kier molecular flexibility index (Phi) is 6.88. The van der Waals surface area contributed by atoms with Crippen LogP contribution >= 0.6 is 0 Å². The Hall–Kier alpha value is -3.34. The second-order valence-electron chi connectivity index (χ2n) is 6.52. The van der Waals surface area contributed by atoms with Crippen LogP contribution in [0, 0.1) is 17.0 Å². The first-order valence-electron chi connectivity index (χ1n) is 8.77. The number of carbonyl (C=O) groups is 1. The molecule has 0 saturated heterocycles. The highest BCUT2D eigenvalue weighted by Crippen LogP contribution is 2.31. The molecular weight excluding hydrogens is 414 g/mol. The number of nitrogens with one attached hydrogen (secondary N) is 1. The van der Waals surface area contributed by atoms with Gasteiger partial charge in [-0.1, -0.05) is 6.07 Å². The van der Waals surface area contributed by atoms with Crippen molar-refractivity contribution in [1.82, 2.24) is 0 Å². The van der Waals surface area contributed by atoms with Crippen LogP contribution in [-0.4, -0.2) is 45.8 Å². The molecule has 1 N–H and O–H groups in total. The third-order valence-corrected chi connectivity index (χ3v) is 5.61. The van der Waals surface area contributed by atoms with Crippen LogP contribution in [0.15, 0.2) is 36.4 Å². The van der Waals surface area contributed by atoms with Crippen molar-refractivity contribution in [3.8, 4) is 11.5 Å². The summed E-state index contributed by atoms with van der Waals surface area (Å²) in [5.74, 6) is 0.226. The van der Waals surface area contributed by atoms with Crippen molar-refractivity contribution >= 4 is 33.0 Å². The maximum absolute atomic E-state index is 12.8. The van der Waals surface area contributed by atoms with Gasteiger partial charge in [-0.15, -0.1) is 0 Å². The van der Waals surface area contributed by atoms with Gasteiger partial charge in [-0.3, -0.25) is 19.2 Å². The fourth-order valence-electron chi connectivity index (χ4n) is 2.89. The normalized spacial score (nSPS) is 12.0. The summed E-state index contributed by atoms with van der Waals surface area (Å²) >= 11 is 0. The molecule has 0 fully saturated rings. The van der Waals surface area contributed by atoms with E-state index in [1.807, 2.05) is 0 Å². The lowest BCUT2D eigenvalue weighted by molar-refractivity contribution is -0.384. The molecule has 1 atom stereocenters. The van der Waals surface area contributed by atoms with Crippen LogP contribution in [0.4, 0.5) is 17.1 Å². The highest BCUT2D eigenvalue weighted by Gasteiger charge is 2.31. The van der Waals surface area contributed by atoms with E-state index in [2.05, 4.69) is 5.32 Å². The number of anilines is 2. The largest absolute Gasteiger partial charge is 0.493 e. The molecule has 2 rings (SSSR count). The molecule has 0 bridgehead atoms. The summed E-state index contributed by atoms with van der Waals surface area (Å²) in [6, 6.07) is 7.36. The lowest BCUT2D eigenvalue weighted by Crippen LogP contribution is -2.45. The number of aryl methyl sites for hydroxylation is 1. The molecule has 0 aromatic heterocycles. The van der Waals surface area contributed by atoms with Crippen molar-refractivity contribution in [2.24, 2.45) is 0 Å². The Balaban J connectivity index is 2.41. The van der Waals surface area contributed by atoms with Gasteiger partial charge in [0.15, 0.2) is 11.5 Å². The van der Waals surface area contributed by atoms with E-state index in [1.54, 1.807) is 19.1 Å². The second kappa shape index (κ2) is 8.99. The molecule has 0 aliphatic heterocycles. The van der Waals surface area contributed by atoms with Crippen molar-refractivity contribution in [3.63, 3.8) is 0 Å². The summed E-state index contributed by atoms with van der Waals surface area (Å²) in [6.45, 7) is 3.01. The maximum Gasteiger partial charge on any atom is 0.271 e. The number of rotatable bonds is 8. The number of benzene rings is 2. The van der Waals surface area contributed by atoms with Crippen LogP contribution < -0.4 is 19.1 Å². The minimum atomic E-state index is -3.94. The van der Waals surface area contributed by atoms with Crippen LogP contribution in [0.5, 0.6) is 11.5 Å². The van der Waals surface area contributed by atoms with E-state index in [4.69, 9.17) is 9.47 Å².